The highest BCUT2D eigenvalue weighted by Gasteiger charge is 2.40. The highest BCUT2D eigenvalue weighted by molar-refractivity contribution is 5.66. The zero-order chi connectivity index (χ0) is 13.1. The second kappa shape index (κ2) is 5.81. The second-order valence-corrected chi connectivity index (χ2v) is 6.21. The molecule has 2 unspecified atom stereocenters. The fraction of sp³-hybridized carbons (Fsp3) is 0.556. The monoisotopic (exact) mass is 256 g/mol. The second-order valence-electron chi connectivity index (χ2n) is 6.21. The molecule has 1 heteroatoms. The van der Waals surface area contributed by atoms with Crippen molar-refractivity contribution in [2.75, 3.05) is 0 Å². The Balaban J connectivity index is 0.000000151. The summed E-state index contributed by atoms with van der Waals surface area (Å²) < 4.78 is 0. The Morgan fingerprint density at radius 1 is 0.895 bits per heavy atom. The third-order valence-electron chi connectivity index (χ3n) is 4.75. The Labute approximate surface area is 116 Å². The summed E-state index contributed by atoms with van der Waals surface area (Å²) in [4.78, 5) is 0. The van der Waals surface area contributed by atoms with Gasteiger partial charge < -0.3 is 5.11 Å². The van der Waals surface area contributed by atoms with Gasteiger partial charge in [-0.15, -0.1) is 0 Å². The van der Waals surface area contributed by atoms with E-state index < -0.39 is 0 Å². The summed E-state index contributed by atoms with van der Waals surface area (Å²) in [6, 6.07) is 7.49. The lowest BCUT2D eigenvalue weighted by Crippen LogP contribution is -1.90. The van der Waals surface area contributed by atoms with E-state index in [9.17, 15) is 0 Å². The summed E-state index contributed by atoms with van der Waals surface area (Å²) in [5.41, 5.74) is 2.70. The van der Waals surface area contributed by atoms with Gasteiger partial charge in [0.2, 0.25) is 0 Å². The quantitative estimate of drug-likeness (QED) is 0.736. The van der Waals surface area contributed by atoms with Crippen LogP contribution in [-0.2, 0) is 0 Å². The number of benzene rings is 1. The van der Waals surface area contributed by atoms with Crippen LogP contribution < -0.4 is 0 Å². The topological polar surface area (TPSA) is 20.2 Å². The summed E-state index contributed by atoms with van der Waals surface area (Å²) in [5, 5.41) is 9.14. The van der Waals surface area contributed by atoms with E-state index in [0.29, 0.717) is 5.75 Å². The largest absolute Gasteiger partial charge is 0.508 e. The summed E-state index contributed by atoms with van der Waals surface area (Å²) in [6.45, 7) is 0. The van der Waals surface area contributed by atoms with E-state index in [4.69, 9.17) is 5.11 Å². The first-order valence-corrected chi connectivity index (χ1v) is 7.81. The normalized spacial score (nSPS) is 27.9. The highest BCUT2D eigenvalue weighted by Crippen LogP contribution is 2.51. The van der Waals surface area contributed by atoms with Crippen LogP contribution >= 0.6 is 0 Å². The van der Waals surface area contributed by atoms with Gasteiger partial charge in [0.1, 0.15) is 5.75 Å². The molecule has 0 heterocycles. The van der Waals surface area contributed by atoms with Crippen LogP contribution in [0.3, 0.4) is 0 Å². The minimum absolute atomic E-state index is 0.347. The number of hydrogen-bond donors (Lipinski definition) is 1. The van der Waals surface area contributed by atoms with Crippen molar-refractivity contribution in [1.29, 1.82) is 0 Å². The van der Waals surface area contributed by atoms with Crippen LogP contribution in [0.2, 0.25) is 0 Å². The maximum Gasteiger partial charge on any atom is 0.115 e. The lowest BCUT2D eigenvalue weighted by atomic mass is 9.94. The van der Waals surface area contributed by atoms with Crippen molar-refractivity contribution in [2.45, 2.75) is 51.4 Å². The summed E-state index contributed by atoms with van der Waals surface area (Å²) in [5.74, 6) is 2.77. The van der Waals surface area contributed by atoms with Crippen molar-refractivity contribution >= 4 is 5.57 Å². The molecule has 0 radical (unpaired) electrons. The summed E-state index contributed by atoms with van der Waals surface area (Å²) >= 11 is 0. The lowest BCUT2D eigenvalue weighted by molar-refractivity contribution is 0.475. The average molecular weight is 256 g/mol. The Morgan fingerprint density at radius 3 is 2.11 bits per heavy atom. The molecule has 0 saturated heterocycles. The fourth-order valence-electron chi connectivity index (χ4n) is 3.44. The van der Waals surface area contributed by atoms with E-state index in [1.807, 2.05) is 12.1 Å². The number of aromatic hydroxyl groups is 1. The molecule has 0 spiro atoms. The van der Waals surface area contributed by atoms with Gasteiger partial charge in [-0.1, -0.05) is 37.5 Å². The van der Waals surface area contributed by atoms with Crippen LogP contribution in [0.4, 0.5) is 0 Å². The van der Waals surface area contributed by atoms with Crippen molar-refractivity contribution < 1.29 is 5.11 Å². The standard InChI is InChI=1S/C12H14O.C6H10/c13-12-8-6-11(7-9-12)10-4-2-1-3-5-10;1-2-5-4-6(5)3-1/h4,6-9,13H,1-3,5H2;5-6H,1-4H2. The van der Waals surface area contributed by atoms with E-state index >= 15 is 0 Å². The number of hydrogen-bond acceptors (Lipinski definition) is 1. The zero-order valence-electron chi connectivity index (χ0n) is 11.6. The molecule has 0 amide bonds. The van der Waals surface area contributed by atoms with Crippen molar-refractivity contribution in [3.8, 4) is 5.75 Å². The van der Waals surface area contributed by atoms with Gasteiger partial charge in [0.05, 0.1) is 0 Å². The minimum Gasteiger partial charge on any atom is -0.508 e. The van der Waals surface area contributed by atoms with Crippen LogP contribution in [0.1, 0.15) is 56.9 Å². The van der Waals surface area contributed by atoms with Gasteiger partial charge in [0, 0.05) is 0 Å². The Kier molecular flexibility index (Phi) is 3.91. The average Bonchev–Trinajstić information content (AvgIpc) is 3.07. The summed E-state index contributed by atoms with van der Waals surface area (Å²) in [7, 11) is 0. The molecule has 2 atom stereocenters. The van der Waals surface area contributed by atoms with E-state index in [2.05, 4.69) is 6.08 Å². The summed E-state index contributed by atoms with van der Waals surface area (Å²) in [6.07, 6.45) is 13.6. The SMILES string of the molecule is C1CC2CC2C1.Oc1ccc(C2=CCCCC2)cc1. The molecule has 2 saturated carbocycles. The predicted octanol–water partition coefficient (Wildman–Crippen LogP) is 5.16. The minimum atomic E-state index is 0.347. The molecule has 1 aromatic carbocycles. The maximum absolute atomic E-state index is 9.14. The zero-order valence-corrected chi connectivity index (χ0v) is 11.6. The van der Waals surface area contributed by atoms with Gasteiger partial charge in [-0.3, -0.25) is 0 Å². The Bertz CT molecular complexity index is 435. The van der Waals surface area contributed by atoms with E-state index in [1.54, 1.807) is 31.4 Å². The molecule has 0 aliphatic heterocycles. The third-order valence-corrected chi connectivity index (χ3v) is 4.75. The van der Waals surface area contributed by atoms with Gasteiger partial charge in [0.25, 0.3) is 0 Å². The van der Waals surface area contributed by atoms with E-state index in [-0.39, 0.29) is 0 Å². The van der Waals surface area contributed by atoms with Crippen LogP contribution in [0.15, 0.2) is 30.3 Å². The molecule has 0 aromatic heterocycles. The smallest absolute Gasteiger partial charge is 0.115 e. The number of fused-ring (bicyclic) bond motifs is 1. The molecule has 19 heavy (non-hydrogen) atoms. The first kappa shape index (κ1) is 12.8. The van der Waals surface area contributed by atoms with Crippen LogP contribution in [-0.4, -0.2) is 5.11 Å². The predicted molar refractivity (Wildman–Crippen MR) is 80.0 cm³/mol. The maximum atomic E-state index is 9.14. The molecule has 102 valence electrons. The molecule has 3 aliphatic carbocycles. The molecule has 2 fully saturated rings. The molecular weight excluding hydrogens is 232 g/mol. The van der Waals surface area contributed by atoms with Gasteiger partial charge in [-0.2, -0.15) is 0 Å². The molecule has 1 nitrogen and oxygen atoms in total. The van der Waals surface area contributed by atoms with Crippen LogP contribution in [0.5, 0.6) is 5.75 Å². The van der Waals surface area contributed by atoms with Crippen molar-refractivity contribution in [1.82, 2.24) is 0 Å². The van der Waals surface area contributed by atoms with Gasteiger partial charge in [-0.05, 0) is 67.2 Å². The molecule has 1 N–H and O–H groups in total. The Hall–Kier alpha value is -1.24. The fourth-order valence-corrected chi connectivity index (χ4v) is 3.44. The third kappa shape index (κ3) is 3.40. The highest BCUT2D eigenvalue weighted by atomic mass is 16.3. The molecule has 0 bridgehead atoms. The van der Waals surface area contributed by atoms with Crippen LogP contribution in [0.25, 0.3) is 5.57 Å². The van der Waals surface area contributed by atoms with Gasteiger partial charge in [0.15, 0.2) is 0 Å². The number of phenols is 1. The number of rotatable bonds is 1. The van der Waals surface area contributed by atoms with Crippen molar-refractivity contribution in [2.24, 2.45) is 11.8 Å². The molecule has 1 aromatic rings. The van der Waals surface area contributed by atoms with Crippen molar-refractivity contribution in [3.63, 3.8) is 0 Å². The first-order valence-electron chi connectivity index (χ1n) is 7.81. The Morgan fingerprint density at radius 2 is 1.63 bits per heavy atom. The lowest BCUT2D eigenvalue weighted by Gasteiger charge is -2.12. The number of allylic oxidation sites excluding steroid dienone is 2. The first-order chi connectivity index (χ1) is 9.33. The molecule has 4 rings (SSSR count). The molecular formula is C18H24O. The van der Waals surface area contributed by atoms with Gasteiger partial charge >= 0.3 is 0 Å². The van der Waals surface area contributed by atoms with E-state index in [1.165, 1.54) is 55.1 Å². The van der Waals surface area contributed by atoms with E-state index in [0.717, 1.165) is 0 Å². The number of phenolic OH excluding ortho intramolecular Hbond substituents is 1. The molecule has 3 aliphatic rings. The van der Waals surface area contributed by atoms with Crippen molar-refractivity contribution in [3.05, 3.63) is 35.9 Å². The van der Waals surface area contributed by atoms with Crippen LogP contribution in [0, 0.1) is 11.8 Å². The van der Waals surface area contributed by atoms with Gasteiger partial charge in [-0.25, -0.2) is 0 Å².